The van der Waals surface area contributed by atoms with Crippen molar-refractivity contribution in [2.75, 3.05) is 13.1 Å². The topological polar surface area (TPSA) is 46.1 Å². The zero-order valence-corrected chi connectivity index (χ0v) is 15.7. The lowest BCUT2D eigenvalue weighted by atomic mass is 9.94. The van der Waals surface area contributed by atoms with Crippen LogP contribution in [0, 0.1) is 5.82 Å². The summed E-state index contributed by atoms with van der Waals surface area (Å²) in [5.74, 6) is 0.694. The Morgan fingerprint density at radius 2 is 2.07 bits per heavy atom. The molecule has 6 heteroatoms. The van der Waals surface area contributed by atoms with E-state index >= 15 is 0 Å². The summed E-state index contributed by atoms with van der Waals surface area (Å²) in [5.41, 5.74) is 1.73. The van der Waals surface area contributed by atoms with Crippen LogP contribution in [0.2, 0.25) is 0 Å². The van der Waals surface area contributed by atoms with Gasteiger partial charge in [0.05, 0.1) is 6.42 Å². The molecule has 27 heavy (non-hydrogen) atoms. The van der Waals surface area contributed by atoms with E-state index in [1.165, 1.54) is 12.1 Å². The molecule has 1 unspecified atom stereocenters. The highest BCUT2D eigenvalue weighted by molar-refractivity contribution is 7.10. The molecule has 1 amide bonds. The van der Waals surface area contributed by atoms with Crippen LogP contribution < -0.4 is 0 Å². The SMILES string of the molecule is O=C(Cc1cccs1)N1CCCC(c2ccnc(-c3ccc(F)cc3)n2)C1. The van der Waals surface area contributed by atoms with Gasteiger partial charge in [0.2, 0.25) is 5.91 Å². The Morgan fingerprint density at radius 3 is 2.85 bits per heavy atom. The first-order chi connectivity index (χ1) is 13.2. The Kier molecular flexibility index (Phi) is 5.25. The Labute approximate surface area is 161 Å². The Morgan fingerprint density at radius 1 is 1.22 bits per heavy atom. The molecular weight excluding hydrogens is 361 g/mol. The second-order valence-electron chi connectivity index (χ2n) is 6.75. The molecule has 2 aromatic heterocycles. The molecule has 1 atom stereocenters. The Bertz CT molecular complexity index is 911. The second kappa shape index (κ2) is 7.96. The zero-order valence-electron chi connectivity index (χ0n) is 14.8. The normalized spacial score (nSPS) is 17.1. The van der Waals surface area contributed by atoms with Crippen molar-refractivity contribution in [2.45, 2.75) is 25.2 Å². The van der Waals surface area contributed by atoms with Gasteiger partial charge >= 0.3 is 0 Å². The first-order valence-corrected chi connectivity index (χ1v) is 9.96. The highest BCUT2D eigenvalue weighted by Gasteiger charge is 2.26. The summed E-state index contributed by atoms with van der Waals surface area (Å²) in [5, 5.41) is 2.00. The maximum absolute atomic E-state index is 13.1. The van der Waals surface area contributed by atoms with Crippen LogP contribution in [0.5, 0.6) is 0 Å². The van der Waals surface area contributed by atoms with E-state index in [0.29, 0.717) is 18.8 Å². The summed E-state index contributed by atoms with van der Waals surface area (Å²) in [6.45, 7) is 1.49. The fourth-order valence-electron chi connectivity index (χ4n) is 3.46. The molecule has 138 valence electrons. The number of hydrogen-bond acceptors (Lipinski definition) is 4. The van der Waals surface area contributed by atoms with Crippen LogP contribution >= 0.6 is 11.3 Å². The first kappa shape index (κ1) is 17.8. The number of benzene rings is 1. The number of aromatic nitrogens is 2. The number of halogens is 1. The molecule has 3 aromatic rings. The van der Waals surface area contributed by atoms with Gasteiger partial charge in [-0.2, -0.15) is 0 Å². The lowest BCUT2D eigenvalue weighted by Crippen LogP contribution is -2.40. The third-order valence-electron chi connectivity index (χ3n) is 4.88. The highest BCUT2D eigenvalue weighted by atomic mass is 32.1. The first-order valence-electron chi connectivity index (χ1n) is 9.08. The number of likely N-dealkylation sites (tertiary alicyclic amines) is 1. The lowest BCUT2D eigenvalue weighted by Gasteiger charge is -2.32. The van der Waals surface area contributed by atoms with Gasteiger partial charge in [0.25, 0.3) is 0 Å². The van der Waals surface area contributed by atoms with E-state index in [4.69, 9.17) is 4.98 Å². The van der Waals surface area contributed by atoms with Crippen LogP contribution in [-0.4, -0.2) is 33.9 Å². The van der Waals surface area contributed by atoms with Gasteiger partial charge in [-0.25, -0.2) is 14.4 Å². The van der Waals surface area contributed by atoms with Crippen molar-refractivity contribution in [1.29, 1.82) is 0 Å². The van der Waals surface area contributed by atoms with Crippen LogP contribution in [0.1, 0.15) is 29.3 Å². The van der Waals surface area contributed by atoms with E-state index in [9.17, 15) is 9.18 Å². The molecule has 0 saturated carbocycles. The molecule has 1 aliphatic heterocycles. The molecule has 4 nitrogen and oxygen atoms in total. The van der Waals surface area contributed by atoms with E-state index in [-0.39, 0.29) is 17.6 Å². The largest absolute Gasteiger partial charge is 0.342 e. The smallest absolute Gasteiger partial charge is 0.227 e. The number of hydrogen-bond donors (Lipinski definition) is 0. The van der Waals surface area contributed by atoms with E-state index in [0.717, 1.165) is 35.5 Å². The summed E-state index contributed by atoms with van der Waals surface area (Å²) in [6.07, 6.45) is 4.18. The molecule has 0 radical (unpaired) electrons. The van der Waals surface area contributed by atoms with Crippen LogP contribution in [-0.2, 0) is 11.2 Å². The van der Waals surface area contributed by atoms with Gasteiger partial charge in [0, 0.05) is 41.3 Å². The average Bonchev–Trinajstić information content (AvgIpc) is 3.22. The summed E-state index contributed by atoms with van der Waals surface area (Å²) in [6, 6.07) is 12.1. The van der Waals surface area contributed by atoms with Crippen molar-refractivity contribution in [3.8, 4) is 11.4 Å². The van der Waals surface area contributed by atoms with E-state index < -0.39 is 0 Å². The Hall–Kier alpha value is -2.60. The third kappa shape index (κ3) is 4.22. The van der Waals surface area contributed by atoms with Gasteiger partial charge in [0.15, 0.2) is 5.82 Å². The minimum atomic E-state index is -0.276. The zero-order chi connectivity index (χ0) is 18.6. The van der Waals surface area contributed by atoms with Crippen LogP contribution in [0.15, 0.2) is 54.0 Å². The quantitative estimate of drug-likeness (QED) is 0.677. The number of nitrogens with zero attached hydrogens (tertiary/aromatic N) is 3. The average molecular weight is 381 g/mol. The molecule has 0 aliphatic carbocycles. The molecule has 1 fully saturated rings. The molecule has 1 aliphatic rings. The van der Waals surface area contributed by atoms with Gasteiger partial charge < -0.3 is 4.90 Å². The number of carbonyl (C=O) groups is 1. The molecule has 0 spiro atoms. The van der Waals surface area contributed by atoms with E-state index in [1.807, 2.05) is 28.5 Å². The van der Waals surface area contributed by atoms with Crippen LogP contribution in [0.3, 0.4) is 0 Å². The molecular formula is C21H20FN3OS. The molecule has 0 bridgehead atoms. The number of thiophene rings is 1. The minimum absolute atomic E-state index is 0.176. The van der Waals surface area contributed by atoms with Crippen molar-refractivity contribution < 1.29 is 9.18 Å². The fraction of sp³-hybridized carbons (Fsp3) is 0.286. The molecule has 1 saturated heterocycles. The van der Waals surface area contributed by atoms with Crippen molar-refractivity contribution in [3.63, 3.8) is 0 Å². The third-order valence-corrected chi connectivity index (χ3v) is 5.75. The van der Waals surface area contributed by atoms with Gasteiger partial charge in [-0.15, -0.1) is 11.3 Å². The maximum atomic E-state index is 13.1. The predicted octanol–water partition coefficient (Wildman–Crippen LogP) is 4.29. The van der Waals surface area contributed by atoms with Crippen LogP contribution in [0.25, 0.3) is 11.4 Å². The summed E-state index contributed by atoms with van der Waals surface area (Å²) in [7, 11) is 0. The van der Waals surface area contributed by atoms with Gasteiger partial charge in [-0.3, -0.25) is 4.79 Å². The number of carbonyl (C=O) groups excluding carboxylic acids is 1. The lowest BCUT2D eigenvalue weighted by molar-refractivity contribution is -0.131. The molecule has 4 rings (SSSR count). The van der Waals surface area contributed by atoms with Gasteiger partial charge in [0.1, 0.15) is 5.82 Å². The fourth-order valence-corrected chi connectivity index (χ4v) is 4.15. The van der Waals surface area contributed by atoms with Crippen LogP contribution in [0.4, 0.5) is 4.39 Å². The summed E-state index contributed by atoms with van der Waals surface area (Å²) >= 11 is 1.62. The predicted molar refractivity (Wildman–Crippen MR) is 104 cm³/mol. The highest BCUT2D eigenvalue weighted by Crippen LogP contribution is 2.27. The molecule has 0 N–H and O–H groups in total. The minimum Gasteiger partial charge on any atom is -0.342 e. The summed E-state index contributed by atoms with van der Waals surface area (Å²) < 4.78 is 13.1. The summed E-state index contributed by atoms with van der Waals surface area (Å²) in [4.78, 5) is 24.7. The van der Waals surface area contributed by atoms with Crippen molar-refractivity contribution >= 4 is 17.2 Å². The van der Waals surface area contributed by atoms with Crippen molar-refractivity contribution in [2.24, 2.45) is 0 Å². The number of piperidine rings is 1. The number of rotatable bonds is 4. The van der Waals surface area contributed by atoms with Crippen molar-refractivity contribution in [3.05, 3.63) is 70.4 Å². The van der Waals surface area contributed by atoms with E-state index in [2.05, 4.69) is 4.98 Å². The van der Waals surface area contributed by atoms with E-state index in [1.54, 1.807) is 29.7 Å². The molecule has 1 aromatic carbocycles. The standard InChI is InChI=1S/C21H20FN3OS/c22-17-7-5-15(6-8-17)21-23-10-9-19(24-21)16-3-1-11-25(14-16)20(26)13-18-4-2-12-27-18/h2,4-10,12,16H,1,3,11,13-14H2. The Balaban J connectivity index is 1.48. The second-order valence-corrected chi connectivity index (χ2v) is 7.78. The monoisotopic (exact) mass is 381 g/mol. The van der Waals surface area contributed by atoms with Gasteiger partial charge in [-0.1, -0.05) is 6.07 Å². The van der Waals surface area contributed by atoms with Gasteiger partial charge in [-0.05, 0) is 54.6 Å². The number of amides is 1. The maximum Gasteiger partial charge on any atom is 0.227 e. The molecule has 3 heterocycles. The van der Waals surface area contributed by atoms with Crippen molar-refractivity contribution in [1.82, 2.24) is 14.9 Å².